The molecule has 0 bridgehead atoms. The number of nitrogens with one attached hydrogen (secondary N) is 1. The van der Waals surface area contributed by atoms with Crippen LogP contribution < -0.4 is 10.2 Å². The summed E-state index contributed by atoms with van der Waals surface area (Å²) in [5.74, 6) is -0.162. The van der Waals surface area contributed by atoms with Crippen molar-refractivity contribution in [2.24, 2.45) is 0 Å². The summed E-state index contributed by atoms with van der Waals surface area (Å²) >= 11 is 0. The summed E-state index contributed by atoms with van der Waals surface area (Å²) in [6.07, 6.45) is 0. The lowest BCUT2D eigenvalue weighted by atomic mass is 10.2. The first-order chi connectivity index (χ1) is 10.1. The first-order valence-electron chi connectivity index (χ1n) is 7.25. The van der Waals surface area contributed by atoms with E-state index in [0.717, 1.165) is 26.2 Å². The number of rotatable bonds is 3. The molecule has 2 fully saturated rings. The number of para-hydroxylation sites is 1. The van der Waals surface area contributed by atoms with Gasteiger partial charge in [-0.1, -0.05) is 18.2 Å². The molecule has 3 rings (SSSR count). The number of anilines is 1. The Morgan fingerprint density at radius 1 is 1.10 bits per heavy atom. The number of carbonyl (C=O) groups excluding carboxylic acids is 2. The molecule has 6 heteroatoms. The Labute approximate surface area is 124 Å². The van der Waals surface area contributed by atoms with Crippen LogP contribution >= 0.6 is 0 Å². The second-order valence-corrected chi connectivity index (χ2v) is 5.62. The van der Waals surface area contributed by atoms with E-state index in [1.54, 1.807) is 12.1 Å². The Bertz CT molecular complexity index is 526. The van der Waals surface area contributed by atoms with E-state index in [-0.39, 0.29) is 11.9 Å². The van der Waals surface area contributed by atoms with Crippen LogP contribution in [-0.2, 0) is 4.79 Å². The molecular weight excluding hydrogens is 268 g/mol. The van der Waals surface area contributed by atoms with Crippen molar-refractivity contribution in [2.45, 2.75) is 6.04 Å². The largest absolute Gasteiger partial charge is 0.329 e. The van der Waals surface area contributed by atoms with Gasteiger partial charge in [-0.25, -0.2) is 9.69 Å². The molecule has 2 heterocycles. The van der Waals surface area contributed by atoms with Crippen molar-refractivity contribution in [3.05, 3.63) is 30.3 Å². The molecule has 0 aliphatic carbocycles. The number of benzene rings is 1. The highest BCUT2D eigenvalue weighted by atomic mass is 16.2. The Hall–Kier alpha value is -1.92. The molecule has 1 unspecified atom stereocenters. The van der Waals surface area contributed by atoms with Crippen molar-refractivity contribution in [3.63, 3.8) is 0 Å². The lowest BCUT2D eigenvalue weighted by Gasteiger charge is -2.33. The summed E-state index contributed by atoms with van der Waals surface area (Å²) in [6.45, 7) is 4.44. The minimum atomic E-state index is -0.443. The van der Waals surface area contributed by atoms with Crippen LogP contribution in [0.25, 0.3) is 0 Å². The molecule has 1 atom stereocenters. The number of piperazine rings is 1. The van der Waals surface area contributed by atoms with Crippen molar-refractivity contribution in [3.8, 4) is 0 Å². The molecule has 0 spiro atoms. The third-order valence-electron chi connectivity index (χ3n) is 4.07. The average molecular weight is 288 g/mol. The van der Waals surface area contributed by atoms with E-state index in [9.17, 15) is 9.59 Å². The maximum Gasteiger partial charge on any atom is 0.329 e. The number of hydrogen-bond donors (Lipinski definition) is 1. The molecule has 21 heavy (non-hydrogen) atoms. The third kappa shape index (κ3) is 2.91. The number of amides is 3. The van der Waals surface area contributed by atoms with Crippen LogP contribution in [-0.4, -0.2) is 67.6 Å². The molecule has 1 aromatic rings. The van der Waals surface area contributed by atoms with Gasteiger partial charge in [-0.3, -0.25) is 9.69 Å². The zero-order valence-corrected chi connectivity index (χ0v) is 12.2. The quantitative estimate of drug-likeness (QED) is 0.816. The molecule has 0 saturated carbocycles. The fraction of sp³-hybridized carbons (Fsp3) is 0.467. The maximum absolute atomic E-state index is 12.5. The van der Waals surface area contributed by atoms with Crippen LogP contribution in [0.2, 0.25) is 0 Å². The minimum absolute atomic E-state index is 0.162. The molecule has 0 radical (unpaired) electrons. The van der Waals surface area contributed by atoms with Gasteiger partial charge in [-0.15, -0.1) is 0 Å². The predicted octanol–water partition coefficient (Wildman–Crippen LogP) is 0.359. The van der Waals surface area contributed by atoms with Crippen LogP contribution in [0.4, 0.5) is 10.5 Å². The Kier molecular flexibility index (Phi) is 3.90. The first-order valence-corrected chi connectivity index (χ1v) is 7.25. The van der Waals surface area contributed by atoms with Gasteiger partial charge in [0, 0.05) is 32.7 Å². The molecule has 2 saturated heterocycles. The minimum Gasteiger partial charge on any atom is -0.324 e. The van der Waals surface area contributed by atoms with Crippen LogP contribution in [0.15, 0.2) is 30.3 Å². The fourth-order valence-electron chi connectivity index (χ4n) is 2.77. The van der Waals surface area contributed by atoms with Crippen molar-refractivity contribution in [1.82, 2.24) is 15.1 Å². The number of likely N-dealkylation sites (N-methyl/N-ethyl adjacent to an activating group) is 1. The molecule has 3 amide bonds. The van der Waals surface area contributed by atoms with E-state index in [1.807, 2.05) is 18.2 Å². The van der Waals surface area contributed by atoms with Gasteiger partial charge in [-0.2, -0.15) is 0 Å². The van der Waals surface area contributed by atoms with E-state index >= 15 is 0 Å². The lowest BCUT2D eigenvalue weighted by molar-refractivity contribution is -0.118. The van der Waals surface area contributed by atoms with Gasteiger partial charge in [0.2, 0.25) is 0 Å². The lowest BCUT2D eigenvalue weighted by Crippen LogP contribution is -2.50. The zero-order valence-electron chi connectivity index (χ0n) is 12.2. The molecule has 2 aliphatic heterocycles. The number of imide groups is 1. The number of urea groups is 1. The van der Waals surface area contributed by atoms with E-state index in [2.05, 4.69) is 22.2 Å². The second kappa shape index (κ2) is 5.83. The number of hydrogen-bond acceptors (Lipinski definition) is 4. The van der Waals surface area contributed by atoms with Gasteiger partial charge in [0.15, 0.2) is 0 Å². The van der Waals surface area contributed by atoms with Gasteiger partial charge in [0.05, 0.1) is 5.69 Å². The molecule has 6 nitrogen and oxygen atoms in total. The highest BCUT2D eigenvalue weighted by Crippen LogP contribution is 2.19. The number of nitrogens with zero attached hydrogens (tertiary/aromatic N) is 3. The van der Waals surface area contributed by atoms with E-state index in [1.165, 1.54) is 4.90 Å². The Balaban J connectivity index is 1.66. The maximum atomic E-state index is 12.5. The van der Waals surface area contributed by atoms with Gasteiger partial charge < -0.3 is 10.2 Å². The van der Waals surface area contributed by atoms with Gasteiger partial charge in [0.25, 0.3) is 5.91 Å². The molecule has 2 aliphatic rings. The van der Waals surface area contributed by atoms with Crippen molar-refractivity contribution in [2.75, 3.05) is 44.7 Å². The fourth-order valence-corrected chi connectivity index (χ4v) is 2.77. The second-order valence-electron chi connectivity index (χ2n) is 5.62. The monoisotopic (exact) mass is 288 g/mol. The number of carbonyl (C=O) groups is 2. The summed E-state index contributed by atoms with van der Waals surface area (Å²) in [5.41, 5.74) is 0.626. The van der Waals surface area contributed by atoms with Crippen molar-refractivity contribution < 1.29 is 9.59 Å². The summed E-state index contributed by atoms with van der Waals surface area (Å²) in [4.78, 5) is 30.3. The molecule has 0 aromatic heterocycles. The van der Waals surface area contributed by atoms with Crippen LogP contribution in [0.3, 0.4) is 0 Å². The van der Waals surface area contributed by atoms with E-state index in [0.29, 0.717) is 12.2 Å². The third-order valence-corrected chi connectivity index (χ3v) is 4.07. The smallest absolute Gasteiger partial charge is 0.324 e. The van der Waals surface area contributed by atoms with Crippen LogP contribution in [0, 0.1) is 0 Å². The van der Waals surface area contributed by atoms with E-state index in [4.69, 9.17) is 0 Å². The van der Waals surface area contributed by atoms with Gasteiger partial charge >= 0.3 is 6.03 Å². The first kappa shape index (κ1) is 14.0. The molecule has 1 N–H and O–H groups in total. The predicted molar refractivity (Wildman–Crippen MR) is 80.2 cm³/mol. The summed E-state index contributed by atoms with van der Waals surface area (Å²) < 4.78 is 0. The van der Waals surface area contributed by atoms with Crippen molar-refractivity contribution in [1.29, 1.82) is 0 Å². The Morgan fingerprint density at radius 2 is 1.76 bits per heavy atom. The highest BCUT2D eigenvalue weighted by Gasteiger charge is 2.39. The SMILES string of the molecule is CN1CCN(CC2NC(=O)N(c3ccccc3)C2=O)CC1. The molecular formula is C15H20N4O2. The normalized spacial score (nSPS) is 24.4. The standard InChI is InChI=1S/C15H20N4O2/c1-17-7-9-18(10-8-17)11-13-14(20)19(15(21)16-13)12-5-3-2-4-6-12/h2-6,13H,7-11H2,1H3,(H,16,21). The zero-order chi connectivity index (χ0) is 14.8. The summed E-state index contributed by atoms with van der Waals surface area (Å²) in [6, 6.07) is 8.29. The van der Waals surface area contributed by atoms with Crippen LogP contribution in [0.5, 0.6) is 0 Å². The molecule has 112 valence electrons. The van der Waals surface area contributed by atoms with E-state index < -0.39 is 6.04 Å². The summed E-state index contributed by atoms with van der Waals surface area (Å²) in [5, 5.41) is 2.79. The summed E-state index contributed by atoms with van der Waals surface area (Å²) in [7, 11) is 2.09. The highest BCUT2D eigenvalue weighted by molar-refractivity contribution is 6.21. The van der Waals surface area contributed by atoms with Crippen LogP contribution in [0.1, 0.15) is 0 Å². The van der Waals surface area contributed by atoms with Crippen molar-refractivity contribution >= 4 is 17.6 Å². The molecule has 1 aromatic carbocycles. The van der Waals surface area contributed by atoms with Gasteiger partial charge in [-0.05, 0) is 19.2 Å². The topological polar surface area (TPSA) is 55.9 Å². The average Bonchev–Trinajstić information content (AvgIpc) is 2.77. The van der Waals surface area contributed by atoms with Gasteiger partial charge in [0.1, 0.15) is 6.04 Å². The Morgan fingerprint density at radius 3 is 2.43 bits per heavy atom.